The van der Waals surface area contributed by atoms with Crippen molar-refractivity contribution < 1.29 is 14.3 Å². The van der Waals surface area contributed by atoms with Gasteiger partial charge in [-0.2, -0.15) is 5.10 Å². The van der Waals surface area contributed by atoms with Gasteiger partial charge in [-0.1, -0.05) is 42.5 Å². The molecule has 1 aliphatic rings. The van der Waals surface area contributed by atoms with Crippen molar-refractivity contribution in [2.45, 2.75) is 26.7 Å². The molecule has 0 unspecified atom stereocenters. The largest absolute Gasteiger partial charge is 0.496 e. The molecule has 1 saturated heterocycles. The fourth-order valence-corrected chi connectivity index (χ4v) is 4.62. The van der Waals surface area contributed by atoms with Crippen LogP contribution in [0.2, 0.25) is 0 Å². The van der Waals surface area contributed by atoms with Gasteiger partial charge in [0.1, 0.15) is 5.75 Å². The third-order valence-corrected chi connectivity index (χ3v) is 6.43. The maximum atomic E-state index is 13.2. The van der Waals surface area contributed by atoms with Gasteiger partial charge in [-0.15, -0.1) is 0 Å². The number of amides is 2. The maximum absolute atomic E-state index is 13.2. The number of benzene rings is 2. The number of aromatic nitrogens is 2. The average molecular weight is 447 g/mol. The first kappa shape index (κ1) is 22.6. The quantitative estimate of drug-likeness (QED) is 0.581. The van der Waals surface area contributed by atoms with E-state index in [1.807, 2.05) is 38.1 Å². The lowest BCUT2D eigenvalue weighted by Crippen LogP contribution is -2.45. The molecule has 7 nitrogen and oxygen atoms in total. The molecule has 2 heterocycles. The number of nitrogens with one attached hydrogen (secondary N) is 2. The number of methoxy groups -OCH3 is 1. The Morgan fingerprint density at radius 3 is 2.61 bits per heavy atom. The molecule has 2 N–H and O–H groups in total. The van der Waals surface area contributed by atoms with E-state index in [-0.39, 0.29) is 11.8 Å². The molecule has 4 rings (SSSR count). The van der Waals surface area contributed by atoms with Crippen LogP contribution in [-0.4, -0.2) is 53.7 Å². The molecule has 3 aromatic rings. The molecule has 0 bridgehead atoms. The van der Waals surface area contributed by atoms with Crippen molar-refractivity contribution in [3.8, 4) is 16.9 Å². The second-order valence-electron chi connectivity index (χ2n) is 8.60. The first-order valence-corrected chi connectivity index (χ1v) is 11.3. The lowest BCUT2D eigenvalue weighted by atomic mass is 9.79. The fourth-order valence-electron chi connectivity index (χ4n) is 4.62. The zero-order valence-electron chi connectivity index (χ0n) is 19.4. The monoisotopic (exact) mass is 446 g/mol. The molecule has 172 valence electrons. The van der Waals surface area contributed by atoms with Crippen LogP contribution < -0.4 is 10.1 Å². The third kappa shape index (κ3) is 4.49. The predicted molar refractivity (Wildman–Crippen MR) is 127 cm³/mol. The average Bonchev–Trinajstić information content (AvgIpc) is 3.46. The summed E-state index contributed by atoms with van der Waals surface area (Å²) in [4.78, 5) is 28.0. The van der Waals surface area contributed by atoms with E-state index in [0.29, 0.717) is 38.0 Å². The summed E-state index contributed by atoms with van der Waals surface area (Å²) in [6, 6.07) is 16.2. The van der Waals surface area contributed by atoms with Crippen LogP contribution in [0, 0.1) is 12.3 Å². The van der Waals surface area contributed by atoms with E-state index >= 15 is 0 Å². The lowest BCUT2D eigenvalue weighted by Gasteiger charge is -2.28. The summed E-state index contributed by atoms with van der Waals surface area (Å²) in [6.07, 6.45) is 2.75. The molecule has 1 fully saturated rings. The molecule has 0 aliphatic carbocycles. The summed E-state index contributed by atoms with van der Waals surface area (Å²) in [6.45, 7) is 5.23. The van der Waals surface area contributed by atoms with Gasteiger partial charge in [0.25, 0.3) is 5.91 Å². The van der Waals surface area contributed by atoms with E-state index in [1.165, 1.54) is 0 Å². The number of likely N-dealkylation sites (tertiary alicyclic amines) is 1. The van der Waals surface area contributed by atoms with E-state index in [9.17, 15) is 9.59 Å². The summed E-state index contributed by atoms with van der Waals surface area (Å²) >= 11 is 0. The van der Waals surface area contributed by atoms with E-state index < -0.39 is 5.41 Å². The highest BCUT2D eigenvalue weighted by atomic mass is 16.5. The van der Waals surface area contributed by atoms with E-state index in [0.717, 1.165) is 28.1 Å². The van der Waals surface area contributed by atoms with Crippen molar-refractivity contribution in [1.82, 2.24) is 20.4 Å². The third-order valence-electron chi connectivity index (χ3n) is 6.43. The number of rotatable bonds is 7. The minimum absolute atomic E-state index is 0.00183. The summed E-state index contributed by atoms with van der Waals surface area (Å²) in [7, 11) is 1.67. The number of hydrogen-bond acceptors (Lipinski definition) is 4. The molecule has 33 heavy (non-hydrogen) atoms. The molecule has 1 aromatic heterocycles. The zero-order valence-corrected chi connectivity index (χ0v) is 19.4. The van der Waals surface area contributed by atoms with Gasteiger partial charge in [0.05, 0.1) is 24.3 Å². The Kier molecular flexibility index (Phi) is 6.49. The van der Waals surface area contributed by atoms with Crippen LogP contribution in [-0.2, 0) is 11.2 Å². The topological polar surface area (TPSA) is 87.3 Å². The summed E-state index contributed by atoms with van der Waals surface area (Å²) in [5, 5.41) is 9.78. The minimum Gasteiger partial charge on any atom is -0.496 e. The maximum Gasteiger partial charge on any atom is 0.257 e. The highest BCUT2D eigenvalue weighted by Gasteiger charge is 2.46. The van der Waals surface area contributed by atoms with Gasteiger partial charge in [0.2, 0.25) is 5.91 Å². The minimum atomic E-state index is -0.657. The van der Waals surface area contributed by atoms with Gasteiger partial charge in [-0.3, -0.25) is 14.7 Å². The Morgan fingerprint density at radius 1 is 1.18 bits per heavy atom. The molecular weight excluding hydrogens is 416 g/mol. The number of H-pyrrole nitrogens is 1. The number of carbonyl (C=O) groups excluding carboxylic acids is 2. The number of aryl methyl sites for hydroxylation is 1. The van der Waals surface area contributed by atoms with E-state index in [2.05, 4.69) is 39.8 Å². The molecule has 0 spiro atoms. The Bertz CT molecular complexity index is 1140. The van der Waals surface area contributed by atoms with Crippen LogP contribution in [0.4, 0.5) is 0 Å². The van der Waals surface area contributed by atoms with Crippen LogP contribution in [0.1, 0.15) is 35.0 Å². The second kappa shape index (κ2) is 9.48. The Balaban J connectivity index is 1.57. The van der Waals surface area contributed by atoms with E-state index in [1.54, 1.807) is 18.2 Å². The Hall–Kier alpha value is -3.61. The molecule has 0 saturated carbocycles. The van der Waals surface area contributed by atoms with Crippen LogP contribution >= 0.6 is 0 Å². The molecule has 0 radical (unpaired) electrons. The fraction of sp³-hybridized carbons (Fsp3) is 0.346. The molecule has 2 amide bonds. The molecule has 7 heteroatoms. The van der Waals surface area contributed by atoms with E-state index in [4.69, 9.17) is 4.74 Å². The number of para-hydroxylation sites is 1. The molecule has 1 aliphatic heterocycles. The van der Waals surface area contributed by atoms with Gasteiger partial charge >= 0.3 is 0 Å². The van der Waals surface area contributed by atoms with Gasteiger partial charge in [-0.05, 0) is 43.9 Å². The van der Waals surface area contributed by atoms with Gasteiger partial charge in [0, 0.05) is 30.9 Å². The number of ether oxygens (including phenoxy) is 1. The van der Waals surface area contributed by atoms with Crippen molar-refractivity contribution in [1.29, 1.82) is 0 Å². The SMILES string of the molecule is CCNC(=O)[C@@]1(Cc2ccc(-c3ccccc3OC)cc2)CCN(C(=O)c2cn[nH]c2C)C1. The van der Waals surface area contributed by atoms with Crippen molar-refractivity contribution >= 4 is 11.8 Å². The summed E-state index contributed by atoms with van der Waals surface area (Å²) in [5.74, 6) is 0.737. The second-order valence-corrected chi connectivity index (χ2v) is 8.60. The van der Waals surface area contributed by atoms with Gasteiger partial charge in [0.15, 0.2) is 0 Å². The number of nitrogens with zero attached hydrogens (tertiary/aromatic N) is 2. The normalized spacial score (nSPS) is 17.7. The highest BCUT2D eigenvalue weighted by molar-refractivity contribution is 5.96. The summed E-state index contributed by atoms with van der Waals surface area (Å²) in [5.41, 5.74) is 3.79. The van der Waals surface area contributed by atoms with Gasteiger partial charge in [-0.25, -0.2) is 0 Å². The molecule has 1 atom stereocenters. The van der Waals surface area contributed by atoms with Crippen LogP contribution in [0.3, 0.4) is 0 Å². The number of hydrogen-bond donors (Lipinski definition) is 2. The van der Waals surface area contributed by atoms with Crippen LogP contribution in [0.25, 0.3) is 11.1 Å². The molecule has 2 aromatic carbocycles. The standard InChI is InChI=1S/C26H30N4O3/c1-4-27-25(32)26(13-14-30(17-26)24(31)22-16-28-29-18(22)2)15-19-9-11-20(12-10-19)21-7-5-6-8-23(21)33-3/h5-12,16H,4,13-15,17H2,1-3H3,(H,27,32)(H,28,29)/t26-/m1/s1. The molecular formula is C26H30N4O3. The Morgan fingerprint density at radius 2 is 1.94 bits per heavy atom. The van der Waals surface area contributed by atoms with Crippen molar-refractivity contribution in [3.63, 3.8) is 0 Å². The first-order valence-electron chi connectivity index (χ1n) is 11.3. The smallest absolute Gasteiger partial charge is 0.257 e. The van der Waals surface area contributed by atoms with Gasteiger partial charge < -0.3 is 15.0 Å². The zero-order chi connectivity index (χ0) is 23.4. The van der Waals surface area contributed by atoms with Crippen molar-refractivity contribution in [2.24, 2.45) is 5.41 Å². The number of carbonyl (C=O) groups is 2. The highest BCUT2D eigenvalue weighted by Crippen LogP contribution is 2.37. The van der Waals surface area contributed by atoms with Crippen molar-refractivity contribution in [3.05, 3.63) is 71.5 Å². The summed E-state index contributed by atoms with van der Waals surface area (Å²) < 4.78 is 5.49. The predicted octanol–water partition coefficient (Wildman–Crippen LogP) is 3.60. The van der Waals surface area contributed by atoms with Crippen molar-refractivity contribution in [2.75, 3.05) is 26.7 Å². The first-order chi connectivity index (χ1) is 16.0. The lowest BCUT2D eigenvalue weighted by molar-refractivity contribution is -0.130. The van der Waals surface area contributed by atoms with Crippen LogP contribution in [0.5, 0.6) is 5.75 Å². The Labute approximate surface area is 194 Å². The number of aromatic amines is 1. The van der Waals surface area contributed by atoms with Crippen LogP contribution in [0.15, 0.2) is 54.7 Å².